The quantitative estimate of drug-likeness (QED) is 0.844. The van der Waals surface area contributed by atoms with Crippen LogP contribution >= 0.6 is 0 Å². The van der Waals surface area contributed by atoms with Gasteiger partial charge in [-0.3, -0.25) is 4.79 Å². The Kier molecular flexibility index (Phi) is 5.73. The molecule has 1 N–H and O–H groups in total. The highest BCUT2D eigenvalue weighted by molar-refractivity contribution is 5.79. The Balaban J connectivity index is 2.07. The summed E-state index contributed by atoms with van der Waals surface area (Å²) in [6, 6.07) is 7.61. The Bertz CT molecular complexity index is 697. The Morgan fingerprint density at radius 1 is 1.08 bits per heavy atom. The van der Waals surface area contributed by atoms with E-state index >= 15 is 0 Å². The zero-order valence-electron chi connectivity index (χ0n) is 14.8. The number of benzene rings is 1. The van der Waals surface area contributed by atoms with Gasteiger partial charge < -0.3 is 24.1 Å². The van der Waals surface area contributed by atoms with E-state index in [2.05, 4.69) is 9.88 Å². The minimum absolute atomic E-state index is 0.0665. The summed E-state index contributed by atoms with van der Waals surface area (Å²) in [5, 5.41) is 2.93. The lowest BCUT2D eigenvalue weighted by atomic mass is 10.1. The van der Waals surface area contributed by atoms with Crippen molar-refractivity contribution in [1.29, 1.82) is 0 Å². The summed E-state index contributed by atoms with van der Waals surface area (Å²) in [6.07, 6.45) is 0.236. The van der Waals surface area contributed by atoms with Gasteiger partial charge in [-0.25, -0.2) is 0 Å². The van der Waals surface area contributed by atoms with E-state index in [0.717, 1.165) is 17.0 Å². The highest BCUT2D eigenvalue weighted by atomic mass is 16.5. The standard InChI is InChI=1S/C18H24N2O4/c1-12-6-7-14(20(12)2)11-19-17(21)10-13-8-15(22-3)18(24-5)16(9-13)23-4/h6-9H,10-11H2,1-5H3,(H,19,21). The Morgan fingerprint density at radius 2 is 1.71 bits per heavy atom. The number of hydrogen-bond acceptors (Lipinski definition) is 4. The number of aryl methyl sites for hydroxylation is 1. The van der Waals surface area contributed by atoms with Crippen LogP contribution < -0.4 is 19.5 Å². The first-order valence-corrected chi connectivity index (χ1v) is 7.67. The van der Waals surface area contributed by atoms with E-state index in [0.29, 0.717) is 23.8 Å². The number of methoxy groups -OCH3 is 3. The maximum atomic E-state index is 12.2. The number of aromatic nitrogens is 1. The van der Waals surface area contributed by atoms with Crippen LogP contribution in [-0.4, -0.2) is 31.8 Å². The maximum absolute atomic E-state index is 12.2. The summed E-state index contributed by atoms with van der Waals surface area (Å²) in [7, 11) is 6.64. The number of hydrogen-bond donors (Lipinski definition) is 1. The number of carbonyl (C=O) groups is 1. The molecule has 2 aromatic rings. The normalized spacial score (nSPS) is 10.4. The molecule has 0 saturated carbocycles. The lowest BCUT2D eigenvalue weighted by Gasteiger charge is -2.14. The van der Waals surface area contributed by atoms with Gasteiger partial charge in [-0.15, -0.1) is 0 Å². The zero-order chi connectivity index (χ0) is 17.7. The van der Waals surface area contributed by atoms with Crippen LogP contribution in [-0.2, 0) is 24.8 Å². The predicted molar refractivity (Wildman–Crippen MR) is 91.8 cm³/mol. The van der Waals surface area contributed by atoms with Gasteiger partial charge in [0.25, 0.3) is 0 Å². The van der Waals surface area contributed by atoms with Crippen molar-refractivity contribution in [3.8, 4) is 17.2 Å². The average Bonchev–Trinajstić information content (AvgIpc) is 2.90. The van der Waals surface area contributed by atoms with Crippen LogP contribution in [0.25, 0.3) is 0 Å². The highest BCUT2D eigenvalue weighted by Gasteiger charge is 2.15. The van der Waals surface area contributed by atoms with Crippen molar-refractivity contribution in [2.24, 2.45) is 7.05 Å². The second kappa shape index (κ2) is 7.77. The molecule has 0 radical (unpaired) electrons. The fourth-order valence-electron chi connectivity index (χ4n) is 2.52. The van der Waals surface area contributed by atoms with Gasteiger partial charge >= 0.3 is 0 Å². The van der Waals surface area contributed by atoms with Crippen LogP contribution in [0.4, 0.5) is 0 Å². The molecule has 6 heteroatoms. The molecule has 0 aliphatic heterocycles. The molecule has 130 valence electrons. The molecule has 0 atom stereocenters. The van der Waals surface area contributed by atoms with Gasteiger partial charge in [0.05, 0.1) is 34.3 Å². The fourth-order valence-corrected chi connectivity index (χ4v) is 2.52. The summed E-state index contributed by atoms with van der Waals surface area (Å²) in [4.78, 5) is 12.2. The van der Waals surface area contributed by atoms with Crippen LogP contribution in [0.3, 0.4) is 0 Å². The van der Waals surface area contributed by atoms with Gasteiger partial charge in [-0.1, -0.05) is 0 Å². The third-order valence-corrected chi connectivity index (χ3v) is 4.03. The first kappa shape index (κ1) is 17.7. The third kappa shape index (κ3) is 3.82. The lowest BCUT2D eigenvalue weighted by molar-refractivity contribution is -0.120. The number of carbonyl (C=O) groups excluding carboxylic acids is 1. The maximum Gasteiger partial charge on any atom is 0.224 e. The molecule has 0 unspecified atom stereocenters. The van der Waals surface area contributed by atoms with E-state index in [9.17, 15) is 4.79 Å². The minimum Gasteiger partial charge on any atom is -0.493 e. The number of rotatable bonds is 7. The number of nitrogens with zero attached hydrogens (tertiary/aromatic N) is 1. The van der Waals surface area contributed by atoms with Gasteiger partial charge in [0, 0.05) is 18.4 Å². The Hall–Kier alpha value is -2.63. The van der Waals surface area contributed by atoms with Gasteiger partial charge in [-0.05, 0) is 36.8 Å². The number of amides is 1. The van der Waals surface area contributed by atoms with E-state index < -0.39 is 0 Å². The van der Waals surface area contributed by atoms with Crippen LogP contribution in [0.5, 0.6) is 17.2 Å². The summed E-state index contributed by atoms with van der Waals surface area (Å²) in [6.45, 7) is 2.52. The summed E-state index contributed by atoms with van der Waals surface area (Å²) < 4.78 is 18.0. The third-order valence-electron chi connectivity index (χ3n) is 4.03. The SMILES string of the molecule is COc1cc(CC(=O)NCc2ccc(C)n2C)cc(OC)c1OC. The van der Waals surface area contributed by atoms with E-state index in [1.54, 1.807) is 33.5 Å². The first-order chi connectivity index (χ1) is 11.5. The van der Waals surface area contributed by atoms with Gasteiger partial charge in [0.2, 0.25) is 11.7 Å². The fraction of sp³-hybridized carbons (Fsp3) is 0.389. The van der Waals surface area contributed by atoms with Crippen LogP contribution in [0, 0.1) is 6.92 Å². The molecule has 6 nitrogen and oxygen atoms in total. The lowest BCUT2D eigenvalue weighted by Crippen LogP contribution is -2.25. The molecular weight excluding hydrogens is 308 g/mol. The first-order valence-electron chi connectivity index (χ1n) is 7.67. The Morgan fingerprint density at radius 3 is 2.17 bits per heavy atom. The zero-order valence-corrected chi connectivity index (χ0v) is 14.8. The molecular formula is C18H24N2O4. The smallest absolute Gasteiger partial charge is 0.224 e. The van der Waals surface area contributed by atoms with Crippen molar-refractivity contribution in [3.05, 3.63) is 41.2 Å². The van der Waals surface area contributed by atoms with E-state index in [1.807, 2.05) is 26.1 Å². The molecule has 0 aliphatic carbocycles. The van der Waals surface area contributed by atoms with Crippen LogP contribution in [0.1, 0.15) is 17.0 Å². The van der Waals surface area contributed by atoms with Crippen molar-refractivity contribution in [2.75, 3.05) is 21.3 Å². The summed E-state index contributed by atoms with van der Waals surface area (Å²) >= 11 is 0. The molecule has 0 aliphatic rings. The average molecular weight is 332 g/mol. The molecule has 0 saturated heterocycles. The van der Waals surface area contributed by atoms with Gasteiger partial charge in [0.1, 0.15) is 0 Å². The monoisotopic (exact) mass is 332 g/mol. The largest absolute Gasteiger partial charge is 0.493 e. The van der Waals surface area contributed by atoms with E-state index in [4.69, 9.17) is 14.2 Å². The van der Waals surface area contributed by atoms with Crippen molar-refractivity contribution >= 4 is 5.91 Å². The van der Waals surface area contributed by atoms with Gasteiger partial charge in [0.15, 0.2) is 11.5 Å². The number of ether oxygens (including phenoxy) is 3. The Labute approximate surface area is 142 Å². The topological polar surface area (TPSA) is 61.7 Å². The minimum atomic E-state index is -0.0665. The van der Waals surface area contributed by atoms with Crippen molar-refractivity contribution in [1.82, 2.24) is 9.88 Å². The van der Waals surface area contributed by atoms with E-state index in [1.165, 1.54) is 0 Å². The molecule has 1 amide bonds. The van der Waals surface area contributed by atoms with Gasteiger partial charge in [-0.2, -0.15) is 0 Å². The molecule has 0 fully saturated rings. The molecule has 2 rings (SSSR count). The summed E-state index contributed by atoms with van der Waals surface area (Å²) in [5.74, 6) is 1.53. The van der Waals surface area contributed by atoms with Crippen molar-refractivity contribution in [3.63, 3.8) is 0 Å². The predicted octanol–water partition coefficient (Wildman–Crippen LogP) is 2.22. The van der Waals surface area contributed by atoms with Crippen molar-refractivity contribution < 1.29 is 19.0 Å². The molecule has 24 heavy (non-hydrogen) atoms. The van der Waals surface area contributed by atoms with Crippen molar-refractivity contribution in [2.45, 2.75) is 19.9 Å². The molecule has 1 heterocycles. The highest BCUT2D eigenvalue weighted by Crippen LogP contribution is 2.38. The summed E-state index contributed by atoms with van der Waals surface area (Å²) in [5.41, 5.74) is 3.01. The second-order valence-electron chi connectivity index (χ2n) is 5.51. The second-order valence-corrected chi connectivity index (χ2v) is 5.51. The number of nitrogens with one attached hydrogen (secondary N) is 1. The molecule has 0 bridgehead atoms. The van der Waals surface area contributed by atoms with Crippen LogP contribution in [0.15, 0.2) is 24.3 Å². The molecule has 0 spiro atoms. The van der Waals surface area contributed by atoms with E-state index in [-0.39, 0.29) is 12.3 Å². The molecule has 1 aromatic carbocycles. The molecule has 1 aromatic heterocycles. The van der Waals surface area contributed by atoms with Crippen LogP contribution in [0.2, 0.25) is 0 Å².